The summed E-state index contributed by atoms with van der Waals surface area (Å²) in [6.45, 7) is 2.06. The molecule has 0 radical (unpaired) electrons. The third kappa shape index (κ3) is 3.50. The quantitative estimate of drug-likeness (QED) is 0.575. The van der Waals surface area contributed by atoms with Gasteiger partial charge in [0.2, 0.25) is 16.8 Å². The van der Waals surface area contributed by atoms with E-state index in [1.807, 2.05) is 35.7 Å². The van der Waals surface area contributed by atoms with Crippen molar-refractivity contribution in [2.45, 2.75) is 19.8 Å². The van der Waals surface area contributed by atoms with Crippen molar-refractivity contribution >= 4 is 28.2 Å². The Morgan fingerprint density at radius 2 is 1.88 bits per heavy atom. The number of carbonyl (C=O) groups is 1. The van der Waals surface area contributed by atoms with Crippen LogP contribution in [0.5, 0.6) is 0 Å². The van der Waals surface area contributed by atoms with Crippen LogP contribution in [0.2, 0.25) is 0 Å². The zero-order chi connectivity index (χ0) is 17.9. The summed E-state index contributed by atoms with van der Waals surface area (Å²) in [4.78, 5) is 17.4. The van der Waals surface area contributed by atoms with Crippen LogP contribution in [-0.4, -0.2) is 20.5 Å². The highest BCUT2D eigenvalue weighted by Gasteiger charge is 2.13. The number of hydrogen-bond acceptors (Lipinski definition) is 4. The molecule has 26 heavy (non-hydrogen) atoms. The zero-order valence-electron chi connectivity index (χ0n) is 14.3. The molecule has 4 aromatic rings. The summed E-state index contributed by atoms with van der Waals surface area (Å²) in [6, 6.07) is 18.2. The molecule has 0 aliphatic carbocycles. The fraction of sp³-hybridized carbons (Fsp3) is 0.150. The highest BCUT2D eigenvalue weighted by molar-refractivity contribution is 7.15. The summed E-state index contributed by atoms with van der Waals surface area (Å²) in [5.41, 5.74) is 4.41. The van der Waals surface area contributed by atoms with Crippen LogP contribution in [0, 0.1) is 6.92 Å². The van der Waals surface area contributed by atoms with Crippen molar-refractivity contribution in [1.29, 1.82) is 0 Å². The van der Waals surface area contributed by atoms with Gasteiger partial charge in [0.1, 0.15) is 0 Å². The van der Waals surface area contributed by atoms with E-state index < -0.39 is 0 Å². The molecule has 0 unspecified atom stereocenters. The van der Waals surface area contributed by atoms with Crippen LogP contribution in [0.25, 0.3) is 16.2 Å². The monoisotopic (exact) mass is 362 g/mol. The maximum Gasteiger partial charge on any atom is 0.250 e. The van der Waals surface area contributed by atoms with Crippen LogP contribution >= 0.6 is 11.3 Å². The smallest absolute Gasteiger partial charge is 0.250 e. The Morgan fingerprint density at radius 1 is 1.12 bits per heavy atom. The first-order valence-electron chi connectivity index (χ1n) is 8.44. The lowest BCUT2D eigenvalue weighted by Gasteiger charge is -2.02. The summed E-state index contributed by atoms with van der Waals surface area (Å²) in [7, 11) is 0. The van der Waals surface area contributed by atoms with E-state index in [2.05, 4.69) is 46.6 Å². The van der Waals surface area contributed by atoms with Crippen LogP contribution in [0.3, 0.4) is 0 Å². The minimum atomic E-state index is -0.0796. The minimum absolute atomic E-state index is 0.0796. The first-order valence-corrected chi connectivity index (χ1v) is 9.32. The van der Waals surface area contributed by atoms with Gasteiger partial charge in [-0.3, -0.25) is 10.1 Å². The minimum Gasteiger partial charge on any atom is -0.293 e. The zero-order valence-corrected chi connectivity index (χ0v) is 15.2. The van der Waals surface area contributed by atoms with Crippen LogP contribution in [0.15, 0.2) is 60.0 Å². The molecule has 0 fully saturated rings. The molecule has 0 aliphatic heterocycles. The van der Waals surface area contributed by atoms with Gasteiger partial charge in [0, 0.05) is 17.4 Å². The van der Waals surface area contributed by atoms with Crippen molar-refractivity contribution in [3.63, 3.8) is 0 Å². The molecule has 4 rings (SSSR count). The lowest BCUT2D eigenvalue weighted by atomic mass is 10.1. The first kappa shape index (κ1) is 16.5. The predicted octanol–water partition coefficient (Wildman–Crippen LogP) is 4.34. The average Bonchev–Trinajstić information content (AvgIpc) is 3.22. The molecule has 6 heteroatoms. The van der Waals surface area contributed by atoms with E-state index in [0.29, 0.717) is 18.8 Å². The number of aryl methyl sites for hydroxylation is 2. The summed E-state index contributed by atoms with van der Waals surface area (Å²) in [6.07, 6.45) is 1.10. The summed E-state index contributed by atoms with van der Waals surface area (Å²) in [5, 5.41) is 9.28. The molecule has 5 nitrogen and oxygen atoms in total. The second-order valence-corrected chi connectivity index (χ2v) is 6.99. The number of aromatic nitrogens is 3. The Bertz CT molecular complexity index is 1030. The lowest BCUT2D eigenvalue weighted by Crippen LogP contribution is -2.13. The second kappa shape index (κ2) is 7.09. The largest absolute Gasteiger partial charge is 0.293 e. The normalized spacial score (nSPS) is 11.0. The van der Waals surface area contributed by atoms with Gasteiger partial charge in [0.25, 0.3) is 0 Å². The van der Waals surface area contributed by atoms with Crippen LogP contribution in [-0.2, 0) is 11.2 Å². The molecule has 0 bridgehead atoms. The molecule has 2 aromatic heterocycles. The van der Waals surface area contributed by atoms with Crippen LogP contribution in [0.1, 0.15) is 17.5 Å². The van der Waals surface area contributed by atoms with Gasteiger partial charge in [-0.2, -0.15) is 4.98 Å². The number of nitrogens with zero attached hydrogens (tertiary/aromatic N) is 3. The van der Waals surface area contributed by atoms with Gasteiger partial charge in [0.15, 0.2) is 0 Å². The fourth-order valence-corrected chi connectivity index (χ4v) is 3.58. The average molecular weight is 362 g/mol. The highest BCUT2D eigenvalue weighted by atomic mass is 32.1. The van der Waals surface area contributed by atoms with E-state index in [-0.39, 0.29) is 5.91 Å². The fourth-order valence-electron chi connectivity index (χ4n) is 2.75. The third-order valence-corrected chi connectivity index (χ3v) is 4.98. The van der Waals surface area contributed by atoms with Gasteiger partial charge in [-0.25, -0.2) is 4.52 Å². The number of rotatable bonds is 5. The van der Waals surface area contributed by atoms with Crippen molar-refractivity contribution in [2.24, 2.45) is 0 Å². The molecular formula is C20H18N4OS. The molecule has 0 aliphatic rings. The Kier molecular flexibility index (Phi) is 4.50. The summed E-state index contributed by atoms with van der Waals surface area (Å²) in [5.74, 6) is 0.271. The van der Waals surface area contributed by atoms with Crippen molar-refractivity contribution in [1.82, 2.24) is 14.6 Å². The number of nitrogens with one attached hydrogen (secondary N) is 1. The van der Waals surface area contributed by atoms with Gasteiger partial charge in [-0.1, -0.05) is 60.2 Å². The van der Waals surface area contributed by atoms with Crippen molar-refractivity contribution < 1.29 is 4.79 Å². The molecule has 0 atom stereocenters. The van der Waals surface area contributed by atoms with Gasteiger partial charge < -0.3 is 0 Å². The van der Waals surface area contributed by atoms with Gasteiger partial charge >= 0.3 is 0 Å². The number of hydrogen-bond donors (Lipinski definition) is 1. The van der Waals surface area contributed by atoms with E-state index >= 15 is 0 Å². The number of fused-ring (bicyclic) bond motifs is 1. The highest BCUT2D eigenvalue weighted by Crippen LogP contribution is 2.26. The predicted molar refractivity (Wildman–Crippen MR) is 104 cm³/mol. The Hall–Kier alpha value is -2.99. The Labute approximate surface area is 155 Å². The van der Waals surface area contributed by atoms with Crippen LogP contribution < -0.4 is 5.32 Å². The molecule has 2 heterocycles. The van der Waals surface area contributed by atoms with E-state index in [1.165, 1.54) is 16.9 Å². The van der Waals surface area contributed by atoms with E-state index in [4.69, 9.17) is 0 Å². The Morgan fingerprint density at radius 3 is 2.65 bits per heavy atom. The third-order valence-electron chi connectivity index (χ3n) is 4.16. The van der Waals surface area contributed by atoms with Gasteiger partial charge in [-0.15, -0.1) is 16.4 Å². The van der Waals surface area contributed by atoms with Crippen molar-refractivity contribution in [2.75, 3.05) is 5.32 Å². The molecule has 1 amide bonds. The van der Waals surface area contributed by atoms with E-state index in [0.717, 1.165) is 21.8 Å². The lowest BCUT2D eigenvalue weighted by molar-refractivity contribution is -0.116. The number of benzene rings is 2. The maximum atomic E-state index is 12.2. The molecule has 0 saturated carbocycles. The number of amides is 1. The summed E-state index contributed by atoms with van der Waals surface area (Å²) < 4.78 is 1.78. The summed E-state index contributed by atoms with van der Waals surface area (Å²) >= 11 is 1.51. The van der Waals surface area contributed by atoms with Crippen molar-refractivity contribution in [3.8, 4) is 11.3 Å². The van der Waals surface area contributed by atoms with Crippen LogP contribution in [0.4, 0.5) is 5.95 Å². The number of thiazole rings is 1. The molecular weight excluding hydrogens is 344 g/mol. The standard InChI is InChI=1S/C20H18N4OS/c1-14-7-10-16(11-8-14)17-13-26-20-22-19(23-24(17)20)21-18(25)12-9-15-5-3-2-4-6-15/h2-8,10-11,13H,9,12H2,1H3,(H,21,23,25). The maximum absolute atomic E-state index is 12.2. The van der Waals surface area contributed by atoms with E-state index in [1.54, 1.807) is 4.52 Å². The number of carbonyl (C=O) groups excluding carboxylic acids is 1. The first-order chi connectivity index (χ1) is 12.7. The molecule has 130 valence electrons. The van der Waals surface area contributed by atoms with E-state index in [9.17, 15) is 4.79 Å². The molecule has 1 N–H and O–H groups in total. The SMILES string of the molecule is Cc1ccc(-c2csc3nc(NC(=O)CCc4ccccc4)nn23)cc1. The Balaban J connectivity index is 1.47. The topological polar surface area (TPSA) is 59.3 Å². The molecule has 2 aromatic carbocycles. The van der Waals surface area contributed by atoms with Gasteiger partial charge in [0.05, 0.1) is 5.69 Å². The second-order valence-electron chi connectivity index (χ2n) is 6.15. The molecule has 0 spiro atoms. The van der Waals surface area contributed by atoms with Crippen molar-refractivity contribution in [3.05, 3.63) is 71.1 Å². The molecule has 0 saturated heterocycles. The number of anilines is 1. The van der Waals surface area contributed by atoms with Gasteiger partial charge in [-0.05, 0) is 18.9 Å².